The maximum Gasteiger partial charge on any atom is 0.0573 e. The Balaban J connectivity index is 2.56. The summed E-state index contributed by atoms with van der Waals surface area (Å²) in [6, 6.07) is 8.32. The molecule has 0 aliphatic heterocycles. The predicted molar refractivity (Wildman–Crippen MR) is 66.7 cm³/mol. The summed E-state index contributed by atoms with van der Waals surface area (Å²) < 4.78 is 2.36. The van der Waals surface area contributed by atoms with Gasteiger partial charge >= 0.3 is 0 Å². The van der Waals surface area contributed by atoms with E-state index in [1.54, 1.807) is 17.4 Å². The van der Waals surface area contributed by atoms with Crippen LogP contribution in [0.15, 0.2) is 41.4 Å². The summed E-state index contributed by atoms with van der Waals surface area (Å²) in [4.78, 5) is 1.16. The highest BCUT2D eigenvalue weighted by Gasteiger charge is 2.06. The van der Waals surface area contributed by atoms with Crippen LogP contribution in [0.1, 0.15) is 10.9 Å². The minimum absolute atomic E-state index is 0.0498. The SMILES string of the molecule is C=C[C@H](N)c1cc2cc(Br)ccc2s1. The summed E-state index contributed by atoms with van der Waals surface area (Å²) in [5, 5.41) is 1.23. The first-order valence-corrected chi connectivity index (χ1v) is 5.89. The molecule has 72 valence electrons. The Hall–Kier alpha value is -0.640. The number of rotatable bonds is 2. The Kier molecular flexibility index (Phi) is 2.72. The van der Waals surface area contributed by atoms with Crippen LogP contribution in [0.3, 0.4) is 0 Å². The molecule has 1 atom stereocenters. The fraction of sp³-hybridized carbons (Fsp3) is 0.0909. The van der Waals surface area contributed by atoms with Crippen molar-refractivity contribution in [2.75, 3.05) is 0 Å². The molecule has 1 aromatic heterocycles. The van der Waals surface area contributed by atoms with Crippen LogP contribution in [-0.2, 0) is 0 Å². The van der Waals surface area contributed by atoms with Crippen molar-refractivity contribution in [2.24, 2.45) is 5.73 Å². The topological polar surface area (TPSA) is 26.0 Å². The number of nitrogens with two attached hydrogens (primary N) is 1. The monoisotopic (exact) mass is 267 g/mol. The minimum Gasteiger partial charge on any atom is -0.320 e. The van der Waals surface area contributed by atoms with E-state index in [1.165, 1.54) is 10.1 Å². The van der Waals surface area contributed by atoms with Gasteiger partial charge in [-0.25, -0.2) is 0 Å². The molecule has 0 unspecified atom stereocenters. The zero-order chi connectivity index (χ0) is 10.1. The van der Waals surface area contributed by atoms with E-state index in [1.807, 2.05) is 6.07 Å². The molecule has 0 aliphatic carbocycles. The van der Waals surface area contributed by atoms with Crippen LogP contribution >= 0.6 is 27.3 Å². The van der Waals surface area contributed by atoms with E-state index in [4.69, 9.17) is 5.73 Å². The van der Waals surface area contributed by atoms with E-state index in [0.29, 0.717) is 0 Å². The standard InChI is InChI=1S/C11H10BrNS/c1-2-9(13)11-6-7-5-8(12)3-4-10(7)14-11/h2-6,9H,1,13H2/t9-/m0/s1. The first-order valence-electron chi connectivity index (χ1n) is 4.28. The number of thiophene rings is 1. The van der Waals surface area contributed by atoms with Crippen molar-refractivity contribution >= 4 is 37.4 Å². The van der Waals surface area contributed by atoms with Crippen molar-refractivity contribution in [3.63, 3.8) is 0 Å². The Bertz CT molecular complexity index is 475. The van der Waals surface area contributed by atoms with Crippen LogP contribution in [0, 0.1) is 0 Å². The highest BCUT2D eigenvalue weighted by molar-refractivity contribution is 9.10. The molecule has 3 heteroatoms. The molecule has 0 bridgehead atoms. The molecule has 1 aromatic carbocycles. The molecule has 2 N–H and O–H groups in total. The summed E-state index contributed by atoms with van der Waals surface area (Å²) in [5.41, 5.74) is 5.88. The Morgan fingerprint density at radius 3 is 2.93 bits per heavy atom. The van der Waals surface area contributed by atoms with Gasteiger partial charge < -0.3 is 5.73 Å². The summed E-state index contributed by atoms with van der Waals surface area (Å²) in [6.07, 6.45) is 1.76. The molecule has 1 nitrogen and oxygen atoms in total. The summed E-state index contributed by atoms with van der Waals surface area (Å²) >= 11 is 5.17. The molecule has 0 spiro atoms. The maximum atomic E-state index is 5.88. The average Bonchev–Trinajstić information content (AvgIpc) is 2.59. The molecule has 0 aliphatic rings. The van der Waals surface area contributed by atoms with Gasteiger partial charge in [-0.15, -0.1) is 17.9 Å². The quantitative estimate of drug-likeness (QED) is 0.822. The number of fused-ring (bicyclic) bond motifs is 1. The van der Waals surface area contributed by atoms with Gasteiger partial charge in [-0.05, 0) is 29.7 Å². The zero-order valence-corrected chi connectivity index (χ0v) is 9.94. The second kappa shape index (κ2) is 3.85. The van der Waals surface area contributed by atoms with Crippen molar-refractivity contribution in [3.8, 4) is 0 Å². The molecule has 0 radical (unpaired) electrons. The van der Waals surface area contributed by atoms with Gasteiger partial charge in [0.25, 0.3) is 0 Å². The second-order valence-electron chi connectivity index (χ2n) is 3.09. The average molecular weight is 268 g/mol. The van der Waals surface area contributed by atoms with Gasteiger partial charge in [0.15, 0.2) is 0 Å². The van der Waals surface area contributed by atoms with Gasteiger partial charge in [0.05, 0.1) is 6.04 Å². The molecule has 0 amide bonds. The first-order chi connectivity index (χ1) is 6.70. The van der Waals surface area contributed by atoms with E-state index in [-0.39, 0.29) is 6.04 Å². The highest BCUT2D eigenvalue weighted by atomic mass is 79.9. The molecule has 1 heterocycles. The molecule has 14 heavy (non-hydrogen) atoms. The Morgan fingerprint density at radius 1 is 1.43 bits per heavy atom. The van der Waals surface area contributed by atoms with E-state index in [2.05, 4.69) is 40.7 Å². The first kappa shape index (κ1) is 9.90. The van der Waals surface area contributed by atoms with Crippen LogP contribution in [0.4, 0.5) is 0 Å². The van der Waals surface area contributed by atoms with Crippen molar-refractivity contribution in [3.05, 3.63) is 46.3 Å². The normalized spacial score (nSPS) is 13.0. The largest absolute Gasteiger partial charge is 0.320 e. The van der Waals surface area contributed by atoms with Crippen LogP contribution in [0.25, 0.3) is 10.1 Å². The van der Waals surface area contributed by atoms with Crippen molar-refractivity contribution in [1.29, 1.82) is 0 Å². The van der Waals surface area contributed by atoms with Gasteiger partial charge in [0.1, 0.15) is 0 Å². The lowest BCUT2D eigenvalue weighted by atomic mass is 10.2. The maximum absolute atomic E-state index is 5.88. The molecule has 2 rings (SSSR count). The Labute approximate surface area is 95.4 Å². The van der Waals surface area contributed by atoms with E-state index in [0.717, 1.165) is 9.35 Å². The predicted octanol–water partition coefficient (Wildman–Crippen LogP) is 3.85. The summed E-state index contributed by atoms with van der Waals surface area (Å²) in [5.74, 6) is 0. The van der Waals surface area contributed by atoms with Gasteiger partial charge in [0, 0.05) is 14.0 Å². The molecule has 2 aromatic rings. The minimum atomic E-state index is -0.0498. The number of halogens is 1. The fourth-order valence-corrected chi connectivity index (χ4v) is 2.74. The number of hydrogen-bond donors (Lipinski definition) is 1. The van der Waals surface area contributed by atoms with Crippen molar-refractivity contribution in [2.45, 2.75) is 6.04 Å². The van der Waals surface area contributed by atoms with Crippen molar-refractivity contribution < 1.29 is 0 Å². The summed E-state index contributed by atoms with van der Waals surface area (Å²) in [6.45, 7) is 3.70. The smallest absolute Gasteiger partial charge is 0.0573 e. The van der Waals surface area contributed by atoms with Crippen molar-refractivity contribution in [1.82, 2.24) is 0 Å². The third-order valence-corrected chi connectivity index (χ3v) is 3.79. The number of benzene rings is 1. The lowest BCUT2D eigenvalue weighted by Crippen LogP contribution is -2.03. The van der Waals surface area contributed by atoms with Crippen LogP contribution in [0.5, 0.6) is 0 Å². The van der Waals surface area contributed by atoms with Crippen LogP contribution in [-0.4, -0.2) is 0 Å². The third-order valence-electron chi connectivity index (χ3n) is 2.08. The lowest BCUT2D eigenvalue weighted by Gasteiger charge is -1.99. The molecule has 0 saturated heterocycles. The summed E-state index contributed by atoms with van der Waals surface area (Å²) in [7, 11) is 0. The van der Waals surface area contributed by atoms with E-state index >= 15 is 0 Å². The highest BCUT2D eigenvalue weighted by Crippen LogP contribution is 2.31. The lowest BCUT2D eigenvalue weighted by molar-refractivity contribution is 0.941. The Morgan fingerprint density at radius 2 is 2.21 bits per heavy atom. The van der Waals surface area contributed by atoms with Crippen LogP contribution in [0.2, 0.25) is 0 Å². The van der Waals surface area contributed by atoms with Gasteiger partial charge in [-0.3, -0.25) is 0 Å². The second-order valence-corrected chi connectivity index (χ2v) is 5.12. The van der Waals surface area contributed by atoms with E-state index < -0.39 is 0 Å². The molecule has 0 saturated carbocycles. The van der Waals surface area contributed by atoms with E-state index in [9.17, 15) is 0 Å². The molecular formula is C11H10BrNS. The van der Waals surface area contributed by atoms with Gasteiger partial charge in [-0.1, -0.05) is 22.0 Å². The fourth-order valence-electron chi connectivity index (χ4n) is 1.32. The molecular weight excluding hydrogens is 258 g/mol. The third kappa shape index (κ3) is 1.75. The zero-order valence-electron chi connectivity index (χ0n) is 7.53. The van der Waals surface area contributed by atoms with Crippen LogP contribution < -0.4 is 5.73 Å². The number of hydrogen-bond acceptors (Lipinski definition) is 2. The van der Waals surface area contributed by atoms with Gasteiger partial charge in [-0.2, -0.15) is 0 Å². The van der Waals surface area contributed by atoms with Gasteiger partial charge in [0.2, 0.25) is 0 Å². The molecule has 0 fully saturated rings.